The van der Waals surface area contributed by atoms with Crippen LogP contribution in [0.4, 0.5) is 13.2 Å². The quantitative estimate of drug-likeness (QED) is 0.887. The first-order valence-electron chi connectivity index (χ1n) is 7.97. The van der Waals surface area contributed by atoms with Gasteiger partial charge in [-0.1, -0.05) is 12.1 Å². The fourth-order valence-corrected chi connectivity index (χ4v) is 3.00. The molecular weight excluding hydrogens is 321 g/mol. The molecule has 1 aromatic rings. The van der Waals surface area contributed by atoms with Crippen molar-refractivity contribution in [3.63, 3.8) is 0 Å². The molecule has 1 fully saturated rings. The Bertz CT molecular complexity index is 547. The van der Waals surface area contributed by atoms with Gasteiger partial charge >= 0.3 is 6.18 Å². The highest BCUT2D eigenvalue weighted by Gasteiger charge is 2.34. The number of benzene rings is 1. The first-order chi connectivity index (χ1) is 11.1. The summed E-state index contributed by atoms with van der Waals surface area (Å²) in [5.41, 5.74) is -1.83. The van der Waals surface area contributed by atoms with Crippen LogP contribution in [-0.4, -0.2) is 67.9 Å². The number of nitrogens with zero attached hydrogens (tertiary/aromatic N) is 2. The number of morpholine rings is 1. The second-order valence-corrected chi connectivity index (χ2v) is 6.84. The Morgan fingerprint density at radius 3 is 2.58 bits per heavy atom. The molecule has 0 bridgehead atoms. The Balaban J connectivity index is 2.07. The van der Waals surface area contributed by atoms with Crippen molar-refractivity contribution >= 4 is 0 Å². The van der Waals surface area contributed by atoms with Gasteiger partial charge in [0.2, 0.25) is 0 Å². The Morgan fingerprint density at radius 2 is 1.96 bits per heavy atom. The molecule has 1 aliphatic heterocycles. The van der Waals surface area contributed by atoms with Crippen molar-refractivity contribution in [1.29, 1.82) is 0 Å². The lowest BCUT2D eigenvalue weighted by atomic mass is 9.93. The van der Waals surface area contributed by atoms with E-state index in [0.29, 0.717) is 19.7 Å². The summed E-state index contributed by atoms with van der Waals surface area (Å²) in [6.07, 6.45) is -4.38. The summed E-state index contributed by atoms with van der Waals surface area (Å²) in [7, 11) is 3.92. The average molecular weight is 346 g/mol. The Kier molecular flexibility index (Phi) is 5.91. The minimum atomic E-state index is -4.41. The summed E-state index contributed by atoms with van der Waals surface area (Å²) in [5, 5.41) is 10.7. The van der Waals surface area contributed by atoms with Gasteiger partial charge in [-0.25, -0.2) is 0 Å². The molecule has 1 aromatic carbocycles. The van der Waals surface area contributed by atoms with Crippen LogP contribution < -0.4 is 0 Å². The molecule has 0 aromatic heterocycles. The third-order valence-electron chi connectivity index (χ3n) is 4.13. The standard InChI is InChI=1S/C17H25F3N2O2/c1-16(23,13-5-4-6-14(9-13)17(18,19)20)12-22-7-8-24-15(11-22)10-21(2)3/h4-6,9,15,23H,7-8,10-12H2,1-3H3/t15-,16-/m0/s1. The van der Waals surface area contributed by atoms with Crippen LogP contribution in [0.2, 0.25) is 0 Å². The van der Waals surface area contributed by atoms with E-state index in [0.717, 1.165) is 18.7 Å². The monoisotopic (exact) mass is 346 g/mol. The molecule has 136 valence electrons. The van der Waals surface area contributed by atoms with Crippen LogP contribution in [0.1, 0.15) is 18.1 Å². The van der Waals surface area contributed by atoms with E-state index in [2.05, 4.69) is 0 Å². The largest absolute Gasteiger partial charge is 0.416 e. The molecule has 0 unspecified atom stereocenters. The Labute approximate surface area is 140 Å². The molecule has 0 aliphatic carbocycles. The normalized spacial score (nSPS) is 22.6. The predicted molar refractivity (Wildman–Crippen MR) is 85.7 cm³/mol. The number of aliphatic hydroxyl groups is 1. The molecule has 4 nitrogen and oxygen atoms in total. The highest BCUT2D eigenvalue weighted by molar-refractivity contribution is 5.29. The summed E-state index contributed by atoms with van der Waals surface area (Å²) < 4.78 is 44.3. The van der Waals surface area contributed by atoms with Gasteiger partial charge in [-0.3, -0.25) is 4.90 Å². The average Bonchev–Trinajstić information content (AvgIpc) is 2.45. The van der Waals surface area contributed by atoms with Gasteiger partial charge in [0.25, 0.3) is 0 Å². The highest BCUT2D eigenvalue weighted by Crippen LogP contribution is 2.32. The molecule has 0 radical (unpaired) electrons. The van der Waals surface area contributed by atoms with Crippen molar-refractivity contribution in [2.75, 3.05) is 46.9 Å². The lowest BCUT2D eigenvalue weighted by molar-refractivity contribution is -0.137. The minimum absolute atomic E-state index is 0.0334. The maximum Gasteiger partial charge on any atom is 0.416 e. The van der Waals surface area contributed by atoms with E-state index in [-0.39, 0.29) is 18.2 Å². The van der Waals surface area contributed by atoms with Crippen molar-refractivity contribution in [2.45, 2.75) is 24.8 Å². The lowest BCUT2D eigenvalue weighted by Gasteiger charge is -2.38. The van der Waals surface area contributed by atoms with E-state index < -0.39 is 17.3 Å². The maximum atomic E-state index is 12.9. The van der Waals surface area contributed by atoms with Gasteiger partial charge in [0.1, 0.15) is 0 Å². The van der Waals surface area contributed by atoms with Gasteiger partial charge in [0.15, 0.2) is 0 Å². The van der Waals surface area contributed by atoms with Gasteiger partial charge in [0, 0.05) is 26.2 Å². The van der Waals surface area contributed by atoms with E-state index in [1.165, 1.54) is 12.1 Å². The smallest absolute Gasteiger partial charge is 0.384 e. The zero-order chi connectivity index (χ0) is 18.0. The van der Waals surface area contributed by atoms with Gasteiger partial charge in [-0.2, -0.15) is 13.2 Å². The molecule has 2 atom stereocenters. The molecule has 1 heterocycles. The van der Waals surface area contributed by atoms with Crippen LogP contribution in [0.15, 0.2) is 24.3 Å². The van der Waals surface area contributed by atoms with Crippen LogP contribution in [0, 0.1) is 0 Å². The summed E-state index contributed by atoms with van der Waals surface area (Å²) in [6.45, 7) is 4.44. The molecule has 0 saturated carbocycles. The molecule has 7 heteroatoms. The zero-order valence-electron chi connectivity index (χ0n) is 14.3. The van der Waals surface area contributed by atoms with Crippen molar-refractivity contribution < 1.29 is 23.0 Å². The number of β-amino-alcohol motifs (C(OH)–C–C–N with tert-alkyl or cyclic N) is 1. The van der Waals surface area contributed by atoms with Crippen LogP contribution in [0.25, 0.3) is 0 Å². The molecular formula is C17H25F3N2O2. The first kappa shape index (κ1) is 19.2. The fourth-order valence-electron chi connectivity index (χ4n) is 3.00. The van der Waals surface area contributed by atoms with Crippen molar-refractivity contribution in [3.8, 4) is 0 Å². The van der Waals surface area contributed by atoms with Crippen LogP contribution in [0.3, 0.4) is 0 Å². The van der Waals surface area contributed by atoms with Crippen LogP contribution in [-0.2, 0) is 16.5 Å². The SMILES string of the molecule is CN(C)C[C@H]1CN(C[C@](C)(O)c2cccc(C(F)(F)F)c2)CCO1. The fraction of sp³-hybridized carbons (Fsp3) is 0.647. The minimum Gasteiger partial charge on any atom is -0.384 e. The number of ether oxygens (including phenoxy) is 1. The summed E-state index contributed by atoms with van der Waals surface area (Å²) in [4.78, 5) is 4.07. The number of likely N-dealkylation sites (N-methyl/N-ethyl adjacent to an activating group) is 1. The summed E-state index contributed by atoms with van der Waals surface area (Å²) in [6, 6.07) is 4.91. The first-order valence-corrected chi connectivity index (χ1v) is 7.97. The second-order valence-electron chi connectivity index (χ2n) is 6.84. The third kappa shape index (κ3) is 5.17. The van der Waals surface area contributed by atoms with E-state index in [1.807, 2.05) is 23.9 Å². The summed E-state index contributed by atoms with van der Waals surface area (Å²) in [5.74, 6) is 0. The van der Waals surface area contributed by atoms with Gasteiger partial charge in [0.05, 0.1) is 23.9 Å². The van der Waals surface area contributed by atoms with E-state index >= 15 is 0 Å². The van der Waals surface area contributed by atoms with E-state index in [9.17, 15) is 18.3 Å². The van der Waals surface area contributed by atoms with Gasteiger partial charge in [-0.15, -0.1) is 0 Å². The topological polar surface area (TPSA) is 35.9 Å². The van der Waals surface area contributed by atoms with Crippen LogP contribution in [0.5, 0.6) is 0 Å². The van der Waals surface area contributed by atoms with Crippen molar-refractivity contribution in [3.05, 3.63) is 35.4 Å². The lowest BCUT2D eigenvalue weighted by Crippen LogP contribution is -2.50. The highest BCUT2D eigenvalue weighted by atomic mass is 19.4. The number of hydrogen-bond acceptors (Lipinski definition) is 4. The molecule has 1 saturated heterocycles. The third-order valence-corrected chi connectivity index (χ3v) is 4.13. The molecule has 0 spiro atoms. The van der Waals surface area contributed by atoms with E-state index in [4.69, 9.17) is 4.74 Å². The zero-order valence-corrected chi connectivity index (χ0v) is 14.3. The number of alkyl halides is 3. The molecule has 24 heavy (non-hydrogen) atoms. The van der Waals surface area contributed by atoms with Crippen molar-refractivity contribution in [2.24, 2.45) is 0 Å². The van der Waals surface area contributed by atoms with E-state index in [1.54, 1.807) is 6.92 Å². The predicted octanol–water partition coefficient (Wildman–Crippen LogP) is 2.18. The van der Waals surface area contributed by atoms with Gasteiger partial charge < -0.3 is 14.7 Å². The Hall–Kier alpha value is -1.15. The number of hydrogen-bond donors (Lipinski definition) is 1. The molecule has 2 rings (SSSR count). The molecule has 1 aliphatic rings. The second kappa shape index (κ2) is 7.39. The number of halogens is 3. The molecule has 0 amide bonds. The summed E-state index contributed by atoms with van der Waals surface area (Å²) >= 11 is 0. The van der Waals surface area contributed by atoms with Crippen LogP contribution >= 0.6 is 0 Å². The maximum absolute atomic E-state index is 12.9. The van der Waals surface area contributed by atoms with Crippen molar-refractivity contribution in [1.82, 2.24) is 9.80 Å². The number of rotatable bonds is 5. The molecule has 1 N–H and O–H groups in total. The van der Waals surface area contributed by atoms with Gasteiger partial charge in [-0.05, 0) is 38.7 Å². The Morgan fingerprint density at radius 1 is 1.29 bits per heavy atom.